The van der Waals surface area contributed by atoms with Gasteiger partial charge >= 0.3 is 0 Å². The quantitative estimate of drug-likeness (QED) is 0.112. The second-order valence-electron chi connectivity index (χ2n) is 26.2. The Bertz CT molecular complexity index is 3070. The third-order valence-electron chi connectivity index (χ3n) is 20.0. The highest BCUT2D eigenvalue weighted by Gasteiger charge is 2.52. The molecule has 13 nitrogen and oxygen atoms in total. The van der Waals surface area contributed by atoms with Crippen LogP contribution < -0.4 is 15.8 Å². The molecule has 0 unspecified atom stereocenters. The van der Waals surface area contributed by atoms with Gasteiger partial charge in [0.2, 0.25) is 17.0 Å². The smallest absolute Gasteiger partial charge is 0.226 e. The van der Waals surface area contributed by atoms with Gasteiger partial charge in [-0.25, -0.2) is 24.9 Å². The number of carbonyl (C=O) groups excluding carboxylic acids is 2. The van der Waals surface area contributed by atoms with E-state index in [-0.39, 0.29) is 16.6 Å². The van der Waals surface area contributed by atoms with Gasteiger partial charge < -0.3 is 15.8 Å². The molecule has 0 spiro atoms. The summed E-state index contributed by atoms with van der Waals surface area (Å²) in [5, 5.41) is 3.10. The molecule has 14 heteroatoms. The van der Waals surface area contributed by atoms with Crippen LogP contribution in [0.4, 0.5) is 11.6 Å². The van der Waals surface area contributed by atoms with Gasteiger partial charge in [-0.2, -0.15) is 0 Å². The van der Waals surface area contributed by atoms with E-state index >= 15 is 0 Å². The number of amides is 1. The first-order chi connectivity index (χ1) is 40.0. The molecule has 0 saturated heterocycles. The molecule has 0 radical (unpaired) electrons. The maximum atomic E-state index is 13.1. The Hall–Kier alpha value is -6.12. The number of fused-ring (bicyclic) bond motifs is 3. The summed E-state index contributed by atoms with van der Waals surface area (Å²) in [6.07, 6.45) is 25.4. The van der Waals surface area contributed by atoms with Gasteiger partial charge in [-0.05, 0) is 183 Å². The molecule has 8 fully saturated rings. The third-order valence-corrected chi connectivity index (χ3v) is 20.1. The van der Waals surface area contributed by atoms with Gasteiger partial charge in [-0.3, -0.25) is 24.3 Å². The summed E-state index contributed by atoms with van der Waals surface area (Å²) >= 11 is 5.57. The lowest BCUT2D eigenvalue weighted by Gasteiger charge is -2.56. The number of ether oxygens (including phenoxy) is 1. The summed E-state index contributed by atoms with van der Waals surface area (Å²) in [6, 6.07) is 33.8. The van der Waals surface area contributed by atoms with Gasteiger partial charge in [0, 0.05) is 94.6 Å². The Kier molecular flexibility index (Phi) is 17.5. The highest BCUT2D eigenvalue weighted by molar-refractivity contribution is 6.63. The van der Waals surface area contributed by atoms with Gasteiger partial charge in [-0.1, -0.05) is 91.0 Å². The molecule has 0 atom stereocenters. The number of nitrogens with zero attached hydrogens (tertiary/aromatic N) is 8. The van der Waals surface area contributed by atoms with Gasteiger partial charge in [0.15, 0.2) is 0 Å². The van der Waals surface area contributed by atoms with Gasteiger partial charge in [0.25, 0.3) is 0 Å². The number of rotatable bonds is 12. The van der Waals surface area contributed by atoms with Crippen LogP contribution >= 0.6 is 11.6 Å². The van der Waals surface area contributed by atoms with Crippen molar-refractivity contribution in [2.45, 2.75) is 148 Å². The number of hydrogen-bond acceptors (Lipinski definition) is 12. The molecule has 8 saturated carbocycles. The number of anilines is 2. The van der Waals surface area contributed by atoms with Crippen LogP contribution in [-0.2, 0) is 68.1 Å². The maximum absolute atomic E-state index is 13.1. The molecule has 82 heavy (non-hydrogen) atoms. The summed E-state index contributed by atoms with van der Waals surface area (Å²) in [7, 11) is 1.67. The molecular weight excluding hydrogens is 1040 g/mol. The average molecular weight is 1120 g/mol. The lowest BCUT2D eigenvalue weighted by Crippen LogP contribution is -2.47. The minimum absolute atomic E-state index is 0.105. The van der Waals surface area contributed by atoms with Crippen LogP contribution in [0.25, 0.3) is 0 Å². The minimum Gasteiger partial charge on any atom is -0.481 e. The van der Waals surface area contributed by atoms with Gasteiger partial charge in [0.05, 0.1) is 18.5 Å². The predicted octanol–water partition coefficient (Wildman–Crippen LogP) is 12.2. The number of hydrogen-bond donors (Lipinski definition) is 2. The lowest BCUT2D eigenvalue weighted by molar-refractivity contribution is -0.124. The summed E-state index contributed by atoms with van der Waals surface area (Å²) in [6.45, 7) is 8.58. The largest absolute Gasteiger partial charge is 0.481 e. The molecular formula is C68H83ClN10O3. The molecule has 430 valence electrons. The number of methoxy groups -OCH3 is 1. The molecule has 3 aliphatic heterocycles. The van der Waals surface area contributed by atoms with Crippen molar-refractivity contribution < 1.29 is 14.3 Å². The Labute approximate surface area is 490 Å². The van der Waals surface area contributed by atoms with Crippen molar-refractivity contribution in [3.63, 3.8) is 0 Å². The van der Waals surface area contributed by atoms with Crippen LogP contribution in [0.1, 0.15) is 140 Å². The Morgan fingerprint density at radius 2 is 0.976 bits per heavy atom. The van der Waals surface area contributed by atoms with Crippen molar-refractivity contribution in [1.29, 1.82) is 0 Å². The molecule has 6 aromatic rings. The van der Waals surface area contributed by atoms with E-state index in [1.54, 1.807) is 26.0 Å². The summed E-state index contributed by atoms with van der Waals surface area (Å²) in [4.78, 5) is 53.2. The van der Waals surface area contributed by atoms with Crippen LogP contribution in [0.2, 0.25) is 0 Å². The van der Waals surface area contributed by atoms with E-state index in [9.17, 15) is 9.59 Å². The second kappa shape index (κ2) is 25.4. The van der Waals surface area contributed by atoms with E-state index in [1.807, 2.05) is 6.07 Å². The van der Waals surface area contributed by atoms with Crippen molar-refractivity contribution in [3.05, 3.63) is 166 Å². The molecule has 3 N–H and O–H groups in total. The molecule has 17 rings (SSSR count). The van der Waals surface area contributed by atoms with Crippen molar-refractivity contribution in [1.82, 2.24) is 39.6 Å². The van der Waals surface area contributed by atoms with Gasteiger partial charge in [-0.15, -0.1) is 0 Å². The zero-order valence-corrected chi connectivity index (χ0v) is 48.8. The molecule has 8 bridgehead atoms. The monoisotopic (exact) mass is 1120 g/mol. The Balaban J connectivity index is 0.000000114. The SMILES string of the molecule is COc1ncnc2c1CCN(Cc1ccccc1)C2.Nc1nccc2c1CCN(Cc1ccccc1)C2.O=C(CC12CC3CC(CC(C3)C1)C2)Nc1ncnc2c1CCN(Cc1ccccc1)C2.O=C(Cl)CC12CC3CC(CC(C3)C1)C2. The average Bonchev–Trinajstić information content (AvgIpc) is 3.47. The van der Waals surface area contributed by atoms with E-state index in [2.05, 4.69) is 136 Å². The van der Waals surface area contributed by atoms with E-state index in [4.69, 9.17) is 22.1 Å². The first kappa shape index (κ1) is 56.4. The standard InChI is InChI=1S/C26H32N4O.C15H17N3O.C15H17N3.C12H17ClO/c31-24(14-26-11-19-8-20(12-26)10-21(9-19)13-26)29-25-22-6-7-30(16-23(22)27-17-28-25)15-18-4-2-1-3-5-18;1-19-15-13-7-8-18(10-14(13)16-11-17-15)9-12-5-3-2-4-6-12;16-15-14-7-9-18(11-13(14)6-8-17-15)10-12-4-2-1-3-5-12;13-11(14)7-12-4-8-1-9(5-12)3-10(2-8)6-12/h1-5,17,19-21H,6-16H2,(H,27,28,29,31);2-6,11H,7-10H2,1H3;1-6,8H,7,9-11H2,(H2,16,17);8-10H,1-7H2. The van der Waals surface area contributed by atoms with Gasteiger partial charge in [0.1, 0.15) is 24.3 Å². The van der Waals surface area contributed by atoms with Crippen LogP contribution in [0.3, 0.4) is 0 Å². The number of nitrogen functional groups attached to an aromatic ring is 1. The number of halogens is 1. The first-order valence-electron chi connectivity index (χ1n) is 30.7. The zero-order valence-electron chi connectivity index (χ0n) is 48.1. The normalized spacial score (nSPS) is 27.2. The van der Waals surface area contributed by atoms with Crippen LogP contribution in [-0.4, -0.2) is 77.5 Å². The van der Waals surface area contributed by atoms with Crippen molar-refractivity contribution in [3.8, 4) is 5.88 Å². The van der Waals surface area contributed by atoms with Crippen molar-refractivity contribution >= 4 is 34.4 Å². The van der Waals surface area contributed by atoms with Crippen molar-refractivity contribution in [2.75, 3.05) is 37.8 Å². The van der Waals surface area contributed by atoms with E-state index in [1.165, 1.54) is 105 Å². The topological polar surface area (TPSA) is 156 Å². The van der Waals surface area contributed by atoms with E-state index in [0.29, 0.717) is 24.1 Å². The first-order valence-corrected chi connectivity index (χ1v) is 31.1. The van der Waals surface area contributed by atoms with Crippen LogP contribution in [0, 0.1) is 46.3 Å². The molecule has 6 heterocycles. The summed E-state index contributed by atoms with van der Waals surface area (Å²) < 4.78 is 5.30. The molecule has 1 amide bonds. The second-order valence-corrected chi connectivity index (χ2v) is 26.6. The fourth-order valence-electron chi connectivity index (χ4n) is 17.4. The van der Waals surface area contributed by atoms with Crippen LogP contribution in [0.15, 0.2) is 116 Å². The summed E-state index contributed by atoms with van der Waals surface area (Å²) in [5.41, 5.74) is 17.5. The fourth-order valence-corrected chi connectivity index (χ4v) is 17.7. The van der Waals surface area contributed by atoms with E-state index < -0.39 is 0 Å². The summed E-state index contributed by atoms with van der Waals surface area (Å²) in [5.74, 6) is 7.75. The highest BCUT2D eigenvalue weighted by Crippen LogP contribution is 2.62. The van der Waals surface area contributed by atoms with Crippen LogP contribution in [0.5, 0.6) is 5.88 Å². The molecule has 8 aliphatic carbocycles. The molecule has 3 aromatic heterocycles. The van der Waals surface area contributed by atoms with Crippen molar-refractivity contribution in [2.24, 2.45) is 46.3 Å². The highest BCUT2D eigenvalue weighted by atomic mass is 35.5. The van der Waals surface area contributed by atoms with E-state index in [0.717, 1.165) is 148 Å². The Morgan fingerprint density at radius 1 is 0.549 bits per heavy atom. The Morgan fingerprint density at radius 3 is 1.45 bits per heavy atom. The number of carbonyl (C=O) groups is 2. The predicted molar refractivity (Wildman–Crippen MR) is 322 cm³/mol. The molecule has 11 aliphatic rings. The third kappa shape index (κ3) is 13.8. The number of nitrogens with one attached hydrogen (secondary N) is 1. The minimum atomic E-state index is -0.105. The lowest BCUT2D eigenvalue weighted by atomic mass is 9.49. The number of pyridine rings is 1. The number of benzene rings is 3. The number of aromatic nitrogens is 5. The maximum Gasteiger partial charge on any atom is 0.226 e. The zero-order chi connectivity index (χ0) is 56.0. The number of nitrogens with two attached hydrogens (primary N) is 1. The fraction of sp³-hybridized carbons (Fsp3) is 0.515. The molecule has 3 aromatic carbocycles.